The van der Waals surface area contributed by atoms with Gasteiger partial charge in [0.1, 0.15) is 0 Å². The summed E-state index contributed by atoms with van der Waals surface area (Å²) >= 11 is 0. The molecule has 0 aromatic carbocycles. The van der Waals surface area contributed by atoms with Gasteiger partial charge in [-0.15, -0.1) is 0 Å². The van der Waals surface area contributed by atoms with Crippen LogP contribution in [0.4, 0.5) is 0 Å². The maximum atomic E-state index is 7.14. The van der Waals surface area contributed by atoms with Crippen molar-refractivity contribution in [2.45, 2.75) is 60.0 Å². The van der Waals surface area contributed by atoms with E-state index in [0.29, 0.717) is 32.1 Å². The first-order valence-corrected chi connectivity index (χ1v) is 7.33. The molecule has 17 heavy (non-hydrogen) atoms. The molecule has 0 amide bonds. The second kappa shape index (κ2) is 9.81. The predicted octanol–water partition coefficient (Wildman–Crippen LogP) is 3.82. The first kappa shape index (κ1) is 14.9. The molecule has 1 atom stereocenters. The largest absolute Gasteiger partial charge is 0.425 e. The first-order valence-electron chi connectivity index (χ1n) is 6.90. The molecule has 0 radical (unpaired) electrons. The van der Waals surface area contributed by atoms with Crippen LogP contribution in [0.3, 0.4) is 0 Å². The molecule has 5 heteroatoms. The van der Waals surface area contributed by atoms with E-state index in [1.54, 1.807) is 0 Å². The van der Waals surface area contributed by atoms with Crippen molar-refractivity contribution in [3.8, 4) is 0 Å². The van der Waals surface area contributed by atoms with E-state index >= 15 is 0 Å². The summed E-state index contributed by atoms with van der Waals surface area (Å²) in [4.78, 5) is 4.07. The van der Waals surface area contributed by atoms with Crippen molar-refractivity contribution in [1.29, 1.82) is 0 Å². The summed E-state index contributed by atoms with van der Waals surface area (Å²) in [5, 5.41) is 0. The van der Waals surface area contributed by atoms with E-state index in [0.717, 1.165) is 6.42 Å². The highest BCUT2D eigenvalue weighted by Gasteiger charge is 2.27. The average molecular weight is 263 g/mol. The monoisotopic (exact) mass is 263 g/mol. The van der Waals surface area contributed by atoms with Crippen molar-refractivity contribution in [1.82, 2.24) is 4.67 Å². The fourth-order valence-corrected chi connectivity index (χ4v) is 2.91. The van der Waals surface area contributed by atoms with Crippen LogP contribution in [0.1, 0.15) is 49.3 Å². The maximum absolute atomic E-state index is 7.14. The van der Waals surface area contributed by atoms with Gasteiger partial charge in [-0.3, -0.25) is 4.99 Å². The van der Waals surface area contributed by atoms with Gasteiger partial charge in [-0.2, -0.15) is 0 Å². The highest BCUT2D eigenvalue weighted by atomic mass is 31.2. The molecule has 102 valence electrons. The second-order valence-corrected chi connectivity index (χ2v) is 5.61. The van der Waals surface area contributed by atoms with Gasteiger partial charge in [0.15, 0.2) is 6.40 Å². The van der Waals surface area contributed by atoms with E-state index in [2.05, 4.69) is 37.4 Å². The average Bonchev–Trinajstić information content (AvgIpc) is 2.28. The van der Waals surface area contributed by atoms with Crippen molar-refractivity contribution in [2.75, 3.05) is 13.2 Å². The van der Waals surface area contributed by atoms with Gasteiger partial charge in [-0.25, -0.2) is 4.67 Å². The smallest absolute Gasteiger partial charge is 0.322 e. The van der Waals surface area contributed by atoms with E-state index in [1.807, 2.05) is 6.92 Å². The minimum atomic E-state index is -1.13. The third kappa shape index (κ3) is 6.97. The Labute approximate surface area is 109 Å². The molecule has 0 rings (SSSR count). The third-order valence-electron chi connectivity index (χ3n) is 1.99. The van der Waals surface area contributed by atoms with Crippen LogP contribution in [-0.2, 0) is 9.05 Å². The molecule has 0 aliphatic rings. The van der Waals surface area contributed by atoms with Crippen LogP contribution in [0.2, 0.25) is 0 Å². The Kier molecular flexibility index (Phi) is 8.59. The number of hydrogen-bond acceptors (Lipinski definition) is 4. The standard InChI is InChI=1S/C12H27N2O2P/c1-7-9-15-17(16-10-13-8-2)14(11(3)4)12(5)6/h10-12H,7-9H2,1-6H3/i1D. The summed E-state index contributed by atoms with van der Waals surface area (Å²) in [6.07, 6.45) is 2.22. The van der Waals surface area contributed by atoms with Crippen molar-refractivity contribution < 1.29 is 10.4 Å². The third-order valence-corrected chi connectivity index (χ3v) is 3.97. The summed E-state index contributed by atoms with van der Waals surface area (Å²) in [5.74, 6) is 0. The molecule has 0 saturated heterocycles. The van der Waals surface area contributed by atoms with Gasteiger partial charge in [0.05, 0.1) is 6.61 Å². The van der Waals surface area contributed by atoms with Gasteiger partial charge in [-0.05, 0) is 41.0 Å². The van der Waals surface area contributed by atoms with Gasteiger partial charge in [0.2, 0.25) is 0 Å². The molecule has 0 heterocycles. The summed E-state index contributed by atoms with van der Waals surface area (Å²) < 4.78 is 20.7. The molecular formula is C12H27N2O2P. The predicted molar refractivity (Wildman–Crippen MR) is 75.4 cm³/mol. The molecule has 0 aromatic rings. The van der Waals surface area contributed by atoms with Crippen LogP contribution in [0.5, 0.6) is 0 Å². The fraction of sp³-hybridized carbons (Fsp3) is 0.917. The Hall–Kier alpha value is -0.180. The van der Waals surface area contributed by atoms with Crippen molar-refractivity contribution in [3.63, 3.8) is 0 Å². The van der Waals surface area contributed by atoms with E-state index in [1.165, 1.54) is 6.40 Å². The zero-order chi connectivity index (χ0) is 14.0. The van der Waals surface area contributed by atoms with Crippen molar-refractivity contribution in [3.05, 3.63) is 0 Å². The van der Waals surface area contributed by atoms with Gasteiger partial charge in [-0.1, -0.05) is 6.90 Å². The molecule has 0 aliphatic heterocycles. The molecule has 4 nitrogen and oxygen atoms in total. The molecule has 0 saturated carbocycles. The second-order valence-electron chi connectivity index (χ2n) is 4.20. The van der Waals surface area contributed by atoms with Gasteiger partial charge in [0, 0.05) is 20.0 Å². The number of hydrogen-bond donors (Lipinski definition) is 0. The van der Waals surface area contributed by atoms with Gasteiger partial charge >= 0.3 is 8.53 Å². The van der Waals surface area contributed by atoms with Crippen LogP contribution in [0.15, 0.2) is 4.99 Å². The molecule has 0 spiro atoms. The fourth-order valence-electron chi connectivity index (χ4n) is 1.42. The van der Waals surface area contributed by atoms with Crippen LogP contribution in [-0.4, -0.2) is 36.3 Å². The first-order chi connectivity index (χ1) is 8.54. The molecule has 0 aliphatic carbocycles. The zero-order valence-electron chi connectivity index (χ0n) is 12.7. The lowest BCUT2D eigenvalue weighted by Crippen LogP contribution is -2.33. The Bertz CT molecular complexity index is 220. The zero-order valence-corrected chi connectivity index (χ0v) is 12.6. The van der Waals surface area contributed by atoms with E-state index in [9.17, 15) is 0 Å². The lowest BCUT2D eigenvalue weighted by atomic mass is 10.3. The van der Waals surface area contributed by atoms with Crippen LogP contribution in [0, 0.1) is 0 Å². The molecule has 0 N–H and O–H groups in total. The summed E-state index contributed by atoms with van der Waals surface area (Å²) in [6, 6.07) is 0.698. The Balaban J connectivity index is 4.52. The Morgan fingerprint density at radius 1 is 1.35 bits per heavy atom. The molecule has 0 fully saturated rings. The van der Waals surface area contributed by atoms with Crippen LogP contribution in [0.25, 0.3) is 0 Å². The van der Waals surface area contributed by atoms with E-state index < -0.39 is 8.53 Å². The maximum Gasteiger partial charge on any atom is 0.322 e. The number of rotatable bonds is 9. The lowest BCUT2D eigenvalue weighted by molar-refractivity contribution is 0.216. The van der Waals surface area contributed by atoms with Gasteiger partial charge < -0.3 is 9.05 Å². The molecular weight excluding hydrogens is 235 g/mol. The molecule has 0 aromatic heterocycles. The SMILES string of the molecule is [2H]CCCOP(OC=NCC)N(C(C)C)C(C)C. The topological polar surface area (TPSA) is 34.1 Å². The molecule has 1 unspecified atom stereocenters. The molecule has 0 bridgehead atoms. The van der Waals surface area contributed by atoms with Gasteiger partial charge in [0.25, 0.3) is 0 Å². The minimum Gasteiger partial charge on any atom is -0.425 e. The van der Waals surface area contributed by atoms with Crippen molar-refractivity contribution >= 4 is 14.9 Å². The number of aliphatic imine (C=N–C) groups is 1. The van der Waals surface area contributed by atoms with Crippen molar-refractivity contribution in [2.24, 2.45) is 4.99 Å². The highest BCUT2D eigenvalue weighted by Crippen LogP contribution is 2.45. The van der Waals surface area contributed by atoms with E-state index in [4.69, 9.17) is 10.4 Å². The lowest BCUT2D eigenvalue weighted by Gasteiger charge is -2.34. The Morgan fingerprint density at radius 2 is 2.00 bits per heavy atom. The number of nitrogens with zero attached hydrogens (tertiary/aromatic N) is 2. The quantitative estimate of drug-likeness (QED) is 0.274. The summed E-state index contributed by atoms with van der Waals surface area (Å²) in [5.41, 5.74) is 0. The van der Waals surface area contributed by atoms with Crippen LogP contribution >= 0.6 is 8.53 Å². The summed E-state index contributed by atoms with van der Waals surface area (Å²) in [6.45, 7) is 12.1. The Morgan fingerprint density at radius 3 is 2.47 bits per heavy atom. The van der Waals surface area contributed by atoms with Crippen LogP contribution < -0.4 is 0 Å². The summed E-state index contributed by atoms with van der Waals surface area (Å²) in [7, 11) is -1.13. The van der Waals surface area contributed by atoms with E-state index in [-0.39, 0.29) is 0 Å². The minimum absolute atomic E-state index is 0.349. The normalized spacial score (nSPS) is 14.9. The highest BCUT2D eigenvalue weighted by molar-refractivity contribution is 7.45.